The summed E-state index contributed by atoms with van der Waals surface area (Å²) in [6, 6.07) is 0.851. The monoisotopic (exact) mass is 282 g/mol. The Labute approximate surface area is 105 Å². The van der Waals surface area contributed by atoms with Gasteiger partial charge in [-0.05, 0) is 13.0 Å². The van der Waals surface area contributed by atoms with E-state index >= 15 is 0 Å². The van der Waals surface area contributed by atoms with E-state index in [0.29, 0.717) is 0 Å². The van der Waals surface area contributed by atoms with Crippen molar-refractivity contribution >= 4 is 11.7 Å². The molecule has 1 aromatic heterocycles. The molecule has 0 unspecified atom stereocenters. The van der Waals surface area contributed by atoms with Gasteiger partial charge in [-0.15, -0.1) is 13.2 Å². The molecule has 19 heavy (non-hydrogen) atoms. The van der Waals surface area contributed by atoms with E-state index in [-0.39, 0.29) is 12.3 Å². The van der Waals surface area contributed by atoms with Crippen molar-refractivity contribution in [3.63, 3.8) is 0 Å². The van der Waals surface area contributed by atoms with Gasteiger partial charge in [0.15, 0.2) is 11.4 Å². The van der Waals surface area contributed by atoms with E-state index in [4.69, 9.17) is 5.73 Å². The summed E-state index contributed by atoms with van der Waals surface area (Å²) >= 11 is 0. The molecule has 0 aliphatic rings. The molecule has 0 aliphatic carbocycles. The highest BCUT2D eigenvalue weighted by atomic mass is 19.4. The Bertz CT molecular complexity index is 477. The maximum atomic E-state index is 12.5. The molecular formula is C10H10F4N2O3. The Morgan fingerprint density at radius 2 is 2.11 bits per heavy atom. The lowest BCUT2D eigenvalue weighted by molar-refractivity contribution is -0.274. The molecule has 0 saturated carbocycles. The average molecular weight is 282 g/mol. The third-order valence-corrected chi connectivity index (χ3v) is 1.88. The van der Waals surface area contributed by atoms with Gasteiger partial charge in [0, 0.05) is 0 Å². The summed E-state index contributed by atoms with van der Waals surface area (Å²) in [6.45, 7) is 0.263. The van der Waals surface area contributed by atoms with Crippen LogP contribution >= 0.6 is 0 Å². The van der Waals surface area contributed by atoms with Gasteiger partial charge in [0.25, 0.3) is 0 Å². The van der Waals surface area contributed by atoms with Crippen molar-refractivity contribution in [3.05, 3.63) is 17.5 Å². The number of anilines is 1. The fourth-order valence-electron chi connectivity index (χ4n) is 1.24. The minimum atomic E-state index is -5.06. The Kier molecular flexibility index (Phi) is 4.52. The number of hydrogen-bond acceptors (Lipinski definition) is 5. The minimum Gasteiger partial charge on any atom is -0.461 e. The summed E-state index contributed by atoms with van der Waals surface area (Å²) < 4.78 is 57.2. The lowest BCUT2D eigenvalue weighted by Gasteiger charge is -2.14. The van der Waals surface area contributed by atoms with Gasteiger partial charge in [-0.3, -0.25) is 0 Å². The molecule has 5 nitrogen and oxygen atoms in total. The molecule has 1 rings (SSSR count). The first-order valence-electron chi connectivity index (χ1n) is 5.06. The summed E-state index contributed by atoms with van der Waals surface area (Å²) in [4.78, 5) is 14.9. The van der Waals surface area contributed by atoms with E-state index < -0.39 is 36.1 Å². The first-order valence-corrected chi connectivity index (χ1v) is 5.06. The number of halogens is 4. The lowest BCUT2D eigenvalue weighted by atomic mass is 10.2. The topological polar surface area (TPSA) is 74.4 Å². The number of rotatable bonds is 4. The normalized spacial score (nSPS) is 11.2. The van der Waals surface area contributed by atoms with Crippen LogP contribution in [0.2, 0.25) is 0 Å². The van der Waals surface area contributed by atoms with Gasteiger partial charge in [-0.2, -0.15) is 0 Å². The van der Waals surface area contributed by atoms with Gasteiger partial charge in [-0.1, -0.05) is 0 Å². The number of nitrogens with zero attached hydrogens (tertiary/aromatic N) is 1. The quantitative estimate of drug-likeness (QED) is 0.677. The van der Waals surface area contributed by atoms with Crippen molar-refractivity contribution in [1.82, 2.24) is 4.98 Å². The summed E-state index contributed by atoms with van der Waals surface area (Å²) in [5.74, 6) is -2.17. The Morgan fingerprint density at radius 1 is 1.47 bits per heavy atom. The van der Waals surface area contributed by atoms with E-state index in [0.717, 1.165) is 6.07 Å². The number of esters is 1. The van der Waals surface area contributed by atoms with Crippen LogP contribution < -0.4 is 10.5 Å². The highest BCUT2D eigenvalue weighted by molar-refractivity contribution is 5.92. The molecule has 0 spiro atoms. The van der Waals surface area contributed by atoms with Crippen LogP contribution in [-0.2, 0) is 11.4 Å². The number of nitrogen functional groups attached to an aromatic ring is 1. The fraction of sp³-hybridized carbons (Fsp3) is 0.400. The van der Waals surface area contributed by atoms with Gasteiger partial charge in [0.2, 0.25) is 0 Å². The summed E-state index contributed by atoms with van der Waals surface area (Å²) in [7, 11) is 0. The minimum absolute atomic E-state index is 0.0915. The second kappa shape index (κ2) is 5.72. The lowest BCUT2D eigenvalue weighted by Crippen LogP contribution is -2.22. The van der Waals surface area contributed by atoms with Crippen LogP contribution in [0.4, 0.5) is 23.2 Å². The van der Waals surface area contributed by atoms with Crippen LogP contribution in [0.25, 0.3) is 0 Å². The van der Waals surface area contributed by atoms with Crippen molar-refractivity contribution in [2.75, 3.05) is 12.3 Å². The second-order valence-electron chi connectivity index (χ2n) is 3.28. The van der Waals surface area contributed by atoms with Crippen molar-refractivity contribution in [1.29, 1.82) is 0 Å². The van der Waals surface area contributed by atoms with Gasteiger partial charge in [0.1, 0.15) is 6.67 Å². The Morgan fingerprint density at radius 3 is 2.58 bits per heavy atom. The molecular weight excluding hydrogens is 272 g/mol. The van der Waals surface area contributed by atoms with Crippen LogP contribution in [0, 0.1) is 0 Å². The van der Waals surface area contributed by atoms with E-state index in [1.165, 1.54) is 6.92 Å². The molecule has 9 heteroatoms. The number of ether oxygens (including phenoxy) is 2. The zero-order chi connectivity index (χ0) is 14.6. The highest BCUT2D eigenvalue weighted by Crippen LogP contribution is 2.32. The van der Waals surface area contributed by atoms with Crippen LogP contribution in [0.5, 0.6) is 5.75 Å². The zero-order valence-electron chi connectivity index (χ0n) is 9.75. The number of pyridine rings is 1. The summed E-state index contributed by atoms with van der Waals surface area (Å²) in [5.41, 5.74) is 3.64. The molecule has 0 atom stereocenters. The third-order valence-electron chi connectivity index (χ3n) is 1.88. The van der Waals surface area contributed by atoms with E-state index in [2.05, 4.69) is 14.5 Å². The molecule has 1 heterocycles. The van der Waals surface area contributed by atoms with Gasteiger partial charge < -0.3 is 15.2 Å². The molecule has 0 bridgehead atoms. The number of carbonyl (C=O) groups excluding carboxylic acids is 1. The smallest absolute Gasteiger partial charge is 0.461 e. The molecule has 106 valence electrons. The standard InChI is InChI=1S/C10H10F4N2O3/c1-2-18-9(17)7-8(19-10(12,13)14)6(15)3-5(4-11)16-7/h3H,2,4H2,1H3,(H2,15,16). The average Bonchev–Trinajstić information content (AvgIpc) is 2.30. The van der Waals surface area contributed by atoms with Crippen LogP contribution in [0.15, 0.2) is 6.07 Å². The Balaban J connectivity index is 3.29. The molecule has 1 aromatic rings. The molecule has 0 amide bonds. The highest BCUT2D eigenvalue weighted by Gasteiger charge is 2.35. The van der Waals surface area contributed by atoms with Crippen LogP contribution in [0.3, 0.4) is 0 Å². The number of aromatic nitrogens is 1. The van der Waals surface area contributed by atoms with Crippen molar-refractivity contribution in [2.45, 2.75) is 20.0 Å². The number of alkyl halides is 4. The molecule has 2 N–H and O–H groups in total. The van der Waals surface area contributed by atoms with E-state index in [9.17, 15) is 22.4 Å². The number of hydrogen-bond donors (Lipinski definition) is 1. The number of nitrogens with two attached hydrogens (primary N) is 1. The van der Waals surface area contributed by atoms with E-state index in [1.54, 1.807) is 0 Å². The first kappa shape index (κ1) is 15.0. The molecule has 0 aliphatic heterocycles. The van der Waals surface area contributed by atoms with Gasteiger partial charge in [0.05, 0.1) is 18.0 Å². The van der Waals surface area contributed by atoms with Crippen molar-refractivity contribution < 1.29 is 31.8 Å². The van der Waals surface area contributed by atoms with Gasteiger partial charge >= 0.3 is 12.3 Å². The maximum absolute atomic E-state index is 12.5. The summed E-state index contributed by atoms with van der Waals surface area (Å²) in [6.07, 6.45) is -5.06. The zero-order valence-corrected chi connectivity index (χ0v) is 9.75. The third kappa shape index (κ3) is 3.97. The van der Waals surface area contributed by atoms with Crippen molar-refractivity contribution in [2.24, 2.45) is 0 Å². The molecule has 0 saturated heterocycles. The number of carbonyl (C=O) groups is 1. The van der Waals surface area contributed by atoms with Crippen LogP contribution in [-0.4, -0.2) is 23.9 Å². The molecule has 0 aromatic carbocycles. The van der Waals surface area contributed by atoms with Crippen molar-refractivity contribution in [3.8, 4) is 5.75 Å². The predicted molar refractivity (Wildman–Crippen MR) is 56.1 cm³/mol. The maximum Gasteiger partial charge on any atom is 0.573 e. The van der Waals surface area contributed by atoms with E-state index in [1.807, 2.05) is 0 Å². The Hall–Kier alpha value is -2.06. The predicted octanol–water partition coefficient (Wildman–Crippen LogP) is 2.21. The summed E-state index contributed by atoms with van der Waals surface area (Å²) in [5, 5.41) is 0. The van der Waals surface area contributed by atoms with Gasteiger partial charge in [-0.25, -0.2) is 14.2 Å². The molecule has 0 radical (unpaired) electrons. The fourth-order valence-corrected chi connectivity index (χ4v) is 1.24. The second-order valence-corrected chi connectivity index (χ2v) is 3.28. The first-order chi connectivity index (χ1) is 8.78. The largest absolute Gasteiger partial charge is 0.573 e. The SMILES string of the molecule is CCOC(=O)c1nc(CF)cc(N)c1OC(F)(F)F. The molecule has 0 fully saturated rings. The van der Waals surface area contributed by atoms with Crippen LogP contribution in [0.1, 0.15) is 23.1 Å².